The van der Waals surface area contributed by atoms with Crippen LogP contribution in [0.25, 0.3) is 0 Å². The SMILES string of the molecule is CC(C)(C)OC(=O)N1CCC(CCC(=O)N2CCCC(NC(=O)CCC(=O)O)C2)CC1. The smallest absolute Gasteiger partial charge is 0.410 e. The highest BCUT2D eigenvalue weighted by atomic mass is 16.6. The molecular weight excluding hydrogens is 402 g/mol. The van der Waals surface area contributed by atoms with Gasteiger partial charge in [0.05, 0.1) is 6.42 Å². The third-order valence-corrected chi connectivity index (χ3v) is 5.74. The van der Waals surface area contributed by atoms with E-state index in [2.05, 4.69) is 5.32 Å². The van der Waals surface area contributed by atoms with E-state index in [1.54, 1.807) is 4.90 Å². The Balaban J connectivity index is 1.68. The maximum absolute atomic E-state index is 12.7. The third kappa shape index (κ3) is 9.14. The molecule has 0 bridgehead atoms. The molecule has 0 saturated carbocycles. The van der Waals surface area contributed by atoms with Gasteiger partial charge in [0, 0.05) is 45.1 Å². The number of hydrogen-bond acceptors (Lipinski definition) is 5. The highest BCUT2D eigenvalue weighted by Crippen LogP contribution is 2.24. The summed E-state index contributed by atoms with van der Waals surface area (Å²) in [6, 6.07) is -0.115. The van der Waals surface area contributed by atoms with Crippen molar-refractivity contribution in [3.63, 3.8) is 0 Å². The summed E-state index contributed by atoms with van der Waals surface area (Å²) in [6.45, 7) is 8.05. The highest BCUT2D eigenvalue weighted by molar-refractivity contribution is 5.81. The lowest BCUT2D eigenvalue weighted by Crippen LogP contribution is -2.49. The Morgan fingerprint density at radius 1 is 0.968 bits per heavy atom. The number of hydrogen-bond donors (Lipinski definition) is 2. The number of ether oxygens (including phenoxy) is 1. The lowest BCUT2D eigenvalue weighted by molar-refractivity contribution is -0.139. The number of amides is 3. The third-order valence-electron chi connectivity index (χ3n) is 5.74. The maximum atomic E-state index is 12.7. The van der Waals surface area contributed by atoms with Gasteiger partial charge in [0.25, 0.3) is 0 Å². The van der Waals surface area contributed by atoms with Crippen LogP contribution in [0, 0.1) is 5.92 Å². The van der Waals surface area contributed by atoms with Gasteiger partial charge >= 0.3 is 12.1 Å². The van der Waals surface area contributed by atoms with Crippen LogP contribution >= 0.6 is 0 Å². The number of carboxylic acid groups (broad SMARTS) is 1. The van der Waals surface area contributed by atoms with Crippen molar-refractivity contribution in [3.05, 3.63) is 0 Å². The zero-order valence-electron chi connectivity index (χ0n) is 19.0. The van der Waals surface area contributed by atoms with Gasteiger partial charge in [-0.05, 0) is 58.8 Å². The highest BCUT2D eigenvalue weighted by Gasteiger charge is 2.28. The van der Waals surface area contributed by atoms with E-state index in [9.17, 15) is 19.2 Å². The van der Waals surface area contributed by atoms with Gasteiger partial charge < -0.3 is 25.0 Å². The van der Waals surface area contributed by atoms with Crippen molar-refractivity contribution in [2.75, 3.05) is 26.2 Å². The summed E-state index contributed by atoms with van der Waals surface area (Å²) >= 11 is 0. The lowest BCUT2D eigenvalue weighted by Gasteiger charge is -2.35. The van der Waals surface area contributed by atoms with Gasteiger partial charge in [0.15, 0.2) is 0 Å². The maximum Gasteiger partial charge on any atom is 0.410 e. The second kappa shape index (κ2) is 11.3. The van der Waals surface area contributed by atoms with Crippen LogP contribution < -0.4 is 5.32 Å². The predicted octanol–water partition coefficient (Wildman–Crippen LogP) is 2.39. The number of nitrogens with one attached hydrogen (secondary N) is 1. The zero-order valence-corrected chi connectivity index (χ0v) is 19.0. The largest absolute Gasteiger partial charge is 0.481 e. The number of carbonyl (C=O) groups is 4. The summed E-state index contributed by atoms with van der Waals surface area (Å²) in [5.74, 6) is -0.760. The minimum atomic E-state index is -0.993. The summed E-state index contributed by atoms with van der Waals surface area (Å²) < 4.78 is 5.42. The van der Waals surface area contributed by atoms with Crippen LogP contribution in [-0.4, -0.2) is 76.6 Å². The van der Waals surface area contributed by atoms with Crippen LogP contribution in [0.15, 0.2) is 0 Å². The fourth-order valence-electron chi connectivity index (χ4n) is 4.06. The van der Waals surface area contributed by atoms with E-state index in [0.29, 0.717) is 38.5 Å². The molecule has 2 N–H and O–H groups in total. The molecular formula is C22H37N3O6. The number of carbonyl (C=O) groups excluding carboxylic acids is 3. The van der Waals surface area contributed by atoms with Crippen LogP contribution in [0.3, 0.4) is 0 Å². The first-order valence-electron chi connectivity index (χ1n) is 11.3. The molecule has 0 radical (unpaired) electrons. The first-order valence-corrected chi connectivity index (χ1v) is 11.3. The molecule has 0 spiro atoms. The van der Waals surface area contributed by atoms with Gasteiger partial charge in [-0.1, -0.05) is 0 Å². The Labute approximate surface area is 184 Å². The molecule has 176 valence electrons. The van der Waals surface area contributed by atoms with Crippen LogP contribution in [0.5, 0.6) is 0 Å². The van der Waals surface area contributed by atoms with Crippen LogP contribution in [-0.2, 0) is 19.1 Å². The standard InChI is InChI=1S/C22H37N3O6/c1-22(2,3)31-21(30)24-13-10-16(11-14-24)6-8-19(27)25-12-4-5-17(15-25)23-18(26)7-9-20(28)29/h16-17H,4-15H2,1-3H3,(H,23,26)(H,28,29). The van der Waals surface area contributed by atoms with E-state index >= 15 is 0 Å². The minimum Gasteiger partial charge on any atom is -0.481 e. The van der Waals surface area contributed by atoms with Gasteiger partial charge in [-0.15, -0.1) is 0 Å². The molecule has 0 aliphatic carbocycles. The van der Waals surface area contributed by atoms with E-state index < -0.39 is 11.6 Å². The molecule has 9 nitrogen and oxygen atoms in total. The van der Waals surface area contributed by atoms with Crippen molar-refractivity contribution in [2.24, 2.45) is 5.92 Å². The summed E-state index contributed by atoms with van der Waals surface area (Å²) in [6.07, 6.45) is 4.13. The Kier molecular flexibility index (Phi) is 9.13. The van der Waals surface area contributed by atoms with E-state index in [1.165, 1.54) is 0 Å². The molecule has 2 fully saturated rings. The van der Waals surface area contributed by atoms with Crippen molar-refractivity contribution in [1.82, 2.24) is 15.1 Å². The van der Waals surface area contributed by atoms with Gasteiger partial charge in [0.2, 0.25) is 11.8 Å². The number of carboxylic acids is 1. The predicted molar refractivity (Wildman–Crippen MR) is 114 cm³/mol. The minimum absolute atomic E-state index is 0.0399. The van der Waals surface area contributed by atoms with Crippen molar-refractivity contribution < 1.29 is 29.0 Å². The monoisotopic (exact) mass is 439 g/mol. The summed E-state index contributed by atoms with van der Waals surface area (Å²) in [7, 11) is 0. The fraction of sp³-hybridized carbons (Fsp3) is 0.818. The molecule has 1 unspecified atom stereocenters. The molecule has 2 aliphatic rings. The van der Waals surface area contributed by atoms with Crippen LogP contribution in [0.1, 0.15) is 72.1 Å². The number of aliphatic carboxylic acids is 1. The second-order valence-corrected chi connectivity index (χ2v) is 9.59. The lowest BCUT2D eigenvalue weighted by atomic mass is 9.92. The molecule has 3 amide bonds. The van der Waals surface area contributed by atoms with E-state index in [4.69, 9.17) is 9.84 Å². The van der Waals surface area contributed by atoms with Gasteiger partial charge in [0.1, 0.15) is 5.60 Å². The van der Waals surface area contributed by atoms with Crippen molar-refractivity contribution in [1.29, 1.82) is 0 Å². The average Bonchev–Trinajstić information content (AvgIpc) is 2.70. The Morgan fingerprint density at radius 2 is 1.65 bits per heavy atom. The number of nitrogens with zero attached hydrogens (tertiary/aromatic N) is 2. The first kappa shape index (κ1) is 24.9. The van der Waals surface area contributed by atoms with E-state index in [-0.39, 0.29) is 36.8 Å². The Hall–Kier alpha value is -2.32. The molecule has 2 rings (SSSR count). The Morgan fingerprint density at radius 3 is 2.26 bits per heavy atom. The summed E-state index contributed by atoms with van der Waals surface area (Å²) in [5.41, 5.74) is -0.498. The van der Waals surface area contributed by atoms with Crippen LogP contribution in [0.2, 0.25) is 0 Å². The normalized spacial score (nSPS) is 20.3. The van der Waals surface area contributed by atoms with Crippen LogP contribution in [0.4, 0.5) is 4.79 Å². The van der Waals surface area contributed by atoms with Crippen molar-refractivity contribution in [3.8, 4) is 0 Å². The molecule has 9 heteroatoms. The Bertz CT molecular complexity index is 652. The fourth-order valence-corrected chi connectivity index (χ4v) is 4.06. The molecule has 0 aromatic heterocycles. The number of piperidine rings is 2. The topological polar surface area (TPSA) is 116 Å². The van der Waals surface area contributed by atoms with E-state index in [0.717, 1.165) is 32.1 Å². The molecule has 2 aliphatic heterocycles. The van der Waals surface area contributed by atoms with Gasteiger partial charge in [-0.3, -0.25) is 14.4 Å². The average molecular weight is 440 g/mol. The summed E-state index contributed by atoms with van der Waals surface area (Å²) in [4.78, 5) is 50.8. The van der Waals surface area contributed by atoms with E-state index in [1.807, 2.05) is 25.7 Å². The number of rotatable bonds is 7. The molecule has 0 aromatic rings. The molecule has 2 saturated heterocycles. The molecule has 0 aromatic carbocycles. The van der Waals surface area contributed by atoms with Gasteiger partial charge in [-0.2, -0.15) is 0 Å². The molecule has 1 atom stereocenters. The molecule has 31 heavy (non-hydrogen) atoms. The quantitative estimate of drug-likeness (QED) is 0.629. The zero-order chi connectivity index (χ0) is 23.0. The van der Waals surface area contributed by atoms with Crippen molar-refractivity contribution in [2.45, 2.75) is 83.8 Å². The van der Waals surface area contributed by atoms with Gasteiger partial charge in [-0.25, -0.2) is 4.79 Å². The molecule has 2 heterocycles. The summed E-state index contributed by atoms with van der Waals surface area (Å²) in [5, 5.41) is 11.5. The number of likely N-dealkylation sites (tertiary alicyclic amines) is 2. The second-order valence-electron chi connectivity index (χ2n) is 9.59. The first-order chi connectivity index (χ1) is 14.5. The van der Waals surface area contributed by atoms with Crippen molar-refractivity contribution >= 4 is 23.9 Å².